The Morgan fingerprint density at radius 1 is 0.750 bits per heavy atom. The molecule has 0 bridgehead atoms. The van der Waals surface area contributed by atoms with Crippen LogP contribution in [0.4, 0.5) is 39.8 Å². The van der Waals surface area contributed by atoms with Gasteiger partial charge in [-0.1, -0.05) is 54.1 Å². The van der Waals surface area contributed by atoms with Crippen LogP contribution in [0.2, 0.25) is 5.02 Å². The summed E-state index contributed by atoms with van der Waals surface area (Å²) in [4.78, 5) is 26.8. The summed E-state index contributed by atoms with van der Waals surface area (Å²) in [7, 11) is 0. The smallest absolute Gasteiger partial charge is 0.299 e. The molecular weight excluding hydrogens is 534 g/mol. The Kier molecular flexibility index (Phi) is 7.25. The Morgan fingerprint density at radius 3 is 2.12 bits per heavy atom. The van der Waals surface area contributed by atoms with Crippen molar-refractivity contribution in [2.24, 2.45) is 4.99 Å². The maximum absolute atomic E-state index is 11.9. The molecular formula is C29H20ClN5O5. The van der Waals surface area contributed by atoms with Crippen LogP contribution in [0.1, 0.15) is 5.56 Å². The predicted octanol–water partition coefficient (Wildman–Crippen LogP) is 8.25. The summed E-state index contributed by atoms with van der Waals surface area (Å²) < 4.78 is 0. The Balaban J connectivity index is 1.55. The van der Waals surface area contributed by atoms with Gasteiger partial charge in [-0.2, -0.15) is 0 Å². The monoisotopic (exact) mass is 553 g/mol. The van der Waals surface area contributed by atoms with E-state index in [9.17, 15) is 25.3 Å². The molecule has 10 nitrogen and oxygen atoms in total. The van der Waals surface area contributed by atoms with Gasteiger partial charge in [0.25, 0.3) is 11.4 Å². The number of nitro benzene ring substituents is 2. The number of aromatic hydroxyl groups is 1. The molecule has 0 atom stereocenters. The number of phenolic OH excluding ortho intramolecular Hbond substituents is 1. The van der Waals surface area contributed by atoms with Crippen LogP contribution < -0.4 is 10.6 Å². The third kappa shape index (κ3) is 5.52. The number of benzene rings is 5. The Labute approximate surface area is 232 Å². The van der Waals surface area contributed by atoms with Crippen molar-refractivity contribution in [1.29, 1.82) is 0 Å². The summed E-state index contributed by atoms with van der Waals surface area (Å²) in [6.07, 6.45) is 1.52. The number of anilines is 4. The van der Waals surface area contributed by atoms with Crippen molar-refractivity contribution < 1.29 is 15.0 Å². The van der Waals surface area contributed by atoms with Crippen LogP contribution >= 0.6 is 11.6 Å². The summed E-state index contributed by atoms with van der Waals surface area (Å²) in [6.45, 7) is 0. The van der Waals surface area contributed by atoms with Gasteiger partial charge in [0, 0.05) is 22.5 Å². The molecule has 5 aromatic rings. The number of nitrogens with one attached hydrogen (secondary N) is 2. The summed E-state index contributed by atoms with van der Waals surface area (Å²) in [5.41, 5.74) is 0.965. The first-order valence-electron chi connectivity index (χ1n) is 11.9. The lowest BCUT2D eigenvalue weighted by Gasteiger charge is -2.13. The number of halogens is 1. The third-order valence-corrected chi connectivity index (χ3v) is 6.34. The zero-order valence-corrected chi connectivity index (χ0v) is 21.4. The van der Waals surface area contributed by atoms with E-state index >= 15 is 0 Å². The number of aliphatic imine (C=N–C) groups is 1. The van der Waals surface area contributed by atoms with Crippen molar-refractivity contribution in [2.75, 3.05) is 10.6 Å². The van der Waals surface area contributed by atoms with Crippen LogP contribution in [0.25, 0.3) is 10.8 Å². The van der Waals surface area contributed by atoms with E-state index < -0.39 is 21.2 Å². The van der Waals surface area contributed by atoms with Gasteiger partial charge in [-0.25, -0.2) is 0 Å². The van der Waals surface area contributed by atoms with E-state index in [1.54, 1.807) is 60.7 Å². The molecule has 5 aromatic carbocycles. The highest BCUT2D eigenvalue weighted by atomic mass is 35.5. The second-order valence-corrected chi connectivity index (χ2v) is 9.09. The fourth-order valence-electron chi connectivity index (χ4n) is 4.16. The number of phenols is 1. The average Bonchev–Trinajstić information content (AvgIpc) is 2.94. The highest BCUT2D eigenvalue weighted by Gasteiger charge is 2.25. The second kappa shape index (κ2) is 11.1. The molecule has 3 N–H and O–H groups in total. The maximum atomic E-state index is 11.9. The van der Waals surface area contributed by atoms with Gasteiger partial charge < -0.3 is 15.7 Å². The number of hydrogen-bond acceptors (Lipinski definition) is 8. The van der Waals surface area contributed by atoms with Crippen LogP contribution in [-0.2, 0) is 0 Å². The van der Waals surface area contributed by atoms with Crippen molar-refractivity contribution in [3.8, 4) is 5.75 Å². The van der Waals surface area contributed by atoms with Crippen LogP contribution in [0, 0.1) is 20.2 Å². The highest BCUT2D eigenvalue weighted by molar-refractivity contribution is 6.30. The largest absolute Gasteiger partial charge is 0.507 e. The lowest BCUT2D eigenvalue weighted by molar-refractivity contribution is -0.393. The van der Waals surface area contributed by atoms with Crippen LogP contribution in [0.3, 0.4) is 0 Å². The van der Waals surface area contributed by atoms with E-state index in [0.717, 1.165) is 16.8 Å². The molecule has 0 aliphatic rings. The molecule has 198 valence electrons. The van der Waals surface area contributed by atoms with E-state index in [4.69, 9.17) is 11.6 Å². The highest BCUT2D eigenvalue weighted by Crippen LogP contribution is 2.40. The van der Waals surface area contributed by atoms with E-state index in [2.05, 4.69) is 15.6 Å². The molecule has 0 radical (unpaired) electrons. The van der Waals surface area contributed by atoms with Crippen molar-refractivity contribution in [3.63, 3.8) is 0 Å². The molecule has 11 heteroatoms. The van der Waals surface area contributed by atoms with Crippen molar-refractivity contribution in [2.45, 2.75) is 0 Å². The minimum absolute atomic E-state index is 0.0164. The van der Waals surface area contributed by atoms with E-state index in [1.165, 1.54) is 12.3 Å². The average molecular weight is 554 g/mol. The number of nitro groups is 2. The molecule has 5 rings (SSSR count). The molecule has 0 heterocycles. The van der Waals surface area contributed by atoms with Gasteiger partial charge in [0.05, 0.1) is 27.3 Å². The fourth-order valence-corrected chi connectivity index (χ4v) is 4.29. The quantitative estimate of drug-likeness (QED) is 0.0996. The zero-order chi connectivity index (χ0) is 28.2. The van der Waals surface area contributed by atoms with Gasteiger partial charge in [0.15, 0.2) is 0 Å². The molecule has 0 fully saturated rings. The summed E-state index contributed by atoms with van der Waals surface area (Å²) in [5.74, 6) is 0.0526. The van der Waals surface area contributed by atoms with Crippen LogP contribution in [0.15, 0.2) is 102 Å². The van der Waals surface area contributed by atoms with Gasteiger partial charge in [0.1, 0.15) is 17.1 Å². The molecule has 0 spiro atoms. The van der Waals surface area contributed by atoms with Crippen molar-refractivity contribution >= 4 is 68.4 Å². The number of rotatable bonds is 8. The molecule has 0 unspecified atom stereocenters. The molecule has 0 aliphatic heterocycles. The number of fused-ring (bicyclic) bond motifs is 1. The van der Waals surface area contributed by atoms with E-state index in [1.807, 2.05) is 24.3 Å². The van der Waals surface area contributed by atoms with Crippen LogP contribution in [-0.4, -0.2) is 21.2 Å². The van der Waals surface area contributed by atoms with Crippen molar-refractivity contribution in [1.82, 2.24) is 0 Å². The van der Waals surface area contributed by atoms with Crippen molar-refractivity contribution in [3.05, 3.63) is 128 Å². The van der Waals surface area contributed by atoms with Gasteiger partial charge in [0.2, 0.25) is 0 Å². The summed E-state index contributed by atoms with van der Waals surface area (Å²) >= 11 is 5.94. The fraction of sp³-hybridized carbons (Fsp3) is 0. The first-order chi connectivity index (χ1) is 19.3. The Morgan fingerprint density at radius 2 is 1.40 bits per heavy atom. The second-order valence-electron chi connectivity index (χ2n) is 8.65. The molecule has 0 saturated carbocycles. The molecule has 0 aliphatic carbocycles. The zero-order valence-electron chi connectivity index (χ0n) is 20.6. The number of nitrogens with zero attached hydrogens (tertiary/aromatic N) is 3. The summed E-state index contributed by atoms with van der Waals surface area (Å²) in [5, 5.41) is 42.3. The lowest BCUT2D eigenvalue weighted by atomic mass is 10.0. The first-order valence-corrected chi connectivity index (χ1v) is 12.3. The maximum Gasteiger partial charge on any atom is 0.299 e. The van der Waals surface area contributed by atoms with E-state index in [0.29, 0.717) is 27.6 Å². The molecule has 0 aromatic heterocycles. The third-order valence-electron chi connectivity index (χ3n) is 6.08. The number of hydrogen-bond donors (Lipinski definition) is 3. The van der Waals surface area contributed by atoms with Crippen LogP contribution in [0.5, 0.6) is 5.75 Å². The standard InChI is InChI=1S/C29H20ClN5O5/c30-19-10-12-20(13-11-19)32-25-15-26(28(35(39)40)16-27(25)34(37)38)33-24-8-4-3-7-23(24)31-17-22-21-6-2-1-5-18(21)9-14-29(22)36/h1-17,32-33,36H. The van der Waals surface area contributed by atoms with Gasteiger partial charge in [-0.05, 0) is 59.3 Å². The normalized spacial score (nSPS) is 11.0. The SMILES string of the molecule is O=[N+]([O-])c1cc([N+](=O)[O-])c(Nc2ccccc2N=Cc2c(O)ccc3ccccc23)cc1Nc1ccc(Cl)cc1. The Hall–Kier alpha value is -5.48. The number of para-hydroxylation sites is 2. The predicted molar refractivity (Wildman–Crippen MR) is 157 cm³/mol. The Bertz CT molecular complexity index is 1790. The van der Waals surface area contributed by atoms with Gasteiger partial charge >= 0.3 is 0 Å². The lowest BCUT2D eigenvalue weighted by Crippen LogP contribution is -2.03. The topological polar surface area (TPSA) is 143 Å². The first kappa shape index (κ1) is 26.1. The minimum atomic E-state index is -0.693. The van der Waals surface area contributed by atoms with Gasteiger partial charge in [-0.15, -0.1) is 0 Å². The summed E-state index contributed by atoms with van der Waals surface area (Å²) in [6, 6.07) is 26.5. The molecule has 40 heavy (non-hydrogen) atoms. The molecule has 0 amide bonds. The van der Waals surface area contributed by atoms with Gasteiger partial charge in [-0.3, -0.25) is 25.2 Å². The minimum Gasteiger partial charge on any atom is -0.507 e. The van der Waals surface area contributed by atoms with E-state index in [-0.39, 0.29) is 17.1 Å². The molecule has 0 saturated heterocycles.